The number of thioether (sulfide) groups is 1. The first-order valence-electron chi connectivity index (χ1n) is 5.27. The number of benzene rings is 1. The molecule has 18 heavy (non-hydrogen) atoms. The van der Waals surface area contributed by atoms with E-state index in [4.69, 9.17) is 11.6 Å². The van der Waals surface area contributed by atoms with E-state index in [-0.39, 0.29) is 22.4 Å². The summed E-state index contributed by atoms with van der Waals surface area (Å²) in [6, 6.07) is 4.45. The summed E-state index contributed by atoms with van der Waals surface area (Å²) in [5, 5.41) is -0.899. The molecule has 1 aromatic rings. The predicted octanol–water partition coefficient (Wildman–Crippen LogP) is 4.73. The molecule has 0 N–H and O–H groups in total. The van der Waals surface area contributed by atoms with Crippen LogP contribution in [0, 0.1) is 0 Å². The molecule has 0 bridgehead atoms. The Morgan fingerprint density at radius 2 is 2.00 bits per heavy atom. The Morgan fingerprint density at radius 3 is 2.44 bits per heavy atom. The maximum absolute atomic E-state index is 12.3. The molecular formula is C12H12ClF3OS. The monoisotopic (exact) mass is 296 g/mol. The first kappa shape index (κ1) is 15.4. The van der Waals surface area contributed by atoms with E-state index in [0.29, 0.717) is 12.0 Å². The number of ketones is 1. The van der Waals surface area contributed by atoms with E-state index >= 15 is 0 Å². The molecule has 0 aliphatic heterocycles. The minimum Gasteiger partial charge on any atom is -0.298 e. The summed E-state index contributed by atoms with van der Waals surface area (Å²) in [7, 11) is 0. The average Bonchev–Trinajstić information content (AvgIpc) is 2.24. The maximum atomic E-state index is 12.3. The summed E-state index contributed by atoms with van der Waals surface area (Å²) >= 11 is 5.68. The lowest BCUT2D eigenvalue weighted by molar-refractivity contribution is -0.116. The molecule has 1 atom stereocenters. The molecule has 0 fully saturated rings. The van der Waals surface area contributed by atoms with Crippen molar-refractivity contribution in [3.05, 3.63) is 29.3 Å². The van der Waals surface area contributed by atoms with Crippen LogP contribution in [-0.2, 0) is 11.2 Å². The molecule has 1 unspecified atom stereocenters. The number of Topliss-reactive ketones (excluding diaryl/α,β-unsaturated/α-hetero) is 1. The predicted molar refractivity (Wildman–Crippen MR) is 67.0 cm³/mol. The highest BCUT2D eigenvalue weighted by Crippen LogP contribution is 2.38. The van der Waals surface area contributed by atoms with Gasteiger partial charge < -0.3 is 0 Å². The Kier molecular flexibility index (Phi) is 5.10. The van der Waals surface area contributed by atoms with Gasteiger partial charge in [-0.2, -0.15) is 13.2 Å². The van der Waals surface area contributed by atoms with Gasteiger partial charge in [0.15, 0.2) is 5.78 Å². The van der Waals surface area contributed by atoms with Gasteiger partial charge in [-0.25, -0.2) is 0 Å². The number of carbonyl (C=O) groups is 1. The lowest BCUT2D eigenvalue weighted by atomic mass is 10.0. The quantitative estimate of drug-likeness (QED) is 0.590. The Hall–Kier alpha value is -0.680. The molecule has 0 aliphatic rings. The molecule has 0 spiro atoms. The van der Waals surface area contributed by atoms with Crippen molar-refractivity contribution in [2.45, 2.75) is 36.0 Å². The highest BCUT2D eigenvalue weighted by atomic mass is 35.5. The van der Waals surface area contributed by atoms with Crippen molar-refractivity contribution in [2.75, 3.05) is 0 Å². The van der Waals surface area contributed by atoms with E-state index < -0.39 is 10.9 Å². The molecule has 0 amide bonds. The van der Waals surface area contributed by atoms with Crippen LogP contribution < -0.4 is 0 Å². The van der Waals surface area contributed by atoms with Crippen LogP contribution >= 0.6 is 23.4 Å². The smallest absolute Gasteiger partial charge is 0.298 e. The van der Waals surface area contributed by atoms with E-state index in [9.17, 15) is 18.0 Å². The van der Waals surface area contributed by atoms with E-state index in [2.05, 4.69) is 0 Å². The van der Waals surface area contributed by atoms with Crippen molar-refractivity contribution in [1.82, 2.24) is 0 Å². The van der Waals surface area contributed by atoms with Gasteiger partial charge >= 0.3 is 5.51 Å². The fraction of sp³-hybridized carbons (Fsp3) is 0.417. The van der Waals surface area contributed by atoms with Crippen LogP contribution in [0.4, 0.5) is 13.2 Å². The molecule has 1 rings (SSSR count). The second-order valence-electron chi connectivity index (χ2n) is 3.78. The third kappa shape index (κ3) is 4.53. The minimum absolute atomic E-state index is 0.0590. The van der Waals surface area contributed by atoms with Crippen molar-refractivity contribution >= 4 is 29.1 Å². The summed E-state index contributed by atoms with van der Waals surface area (Å²) in [4.78, 5) is 11.2. The van der Waals surface area contributed by atoms with Gasteiger partial charge in [-0.1, -0.05) is 13.0 Å². The largest absolute Gasteiger partial charge is 0.446 e. The van der Waals surface area contributed by atoms with Crippen molar-refractivity contribution in [1.29, 1.82) is 0 Å². The zero-order valence-electron chi connectivity index (χ0n) is 9.84. The highest BCUT2D eigenvalue weighted by Gasteiger charge is 2.29. The Bertz CT molecular complexity index is 445. The SMILES string of the molecule is CCc1cc(SC(F)(F)F)cc(C(Cl)C(C)=O)c1. The second-order valence-corrected chi connectivity index (χ2v) is 5.36. The first-order valence-corrected chi connectivity index (χ1v) is 6.52. The topological polar surface area (TPSA) is 17.1 Å². The van der Waals surface area contributed by atoms with Crippen molar-refractivity contribution in [3.8, 4) is 0 Å². The molecule has 0 radical (unpaired) electrons. The lowest BCUT2D eigenvalue weighted by Crippen LogP contribution is -2.04. The van der Waals surface area contributed by atoms with Gasteiger partial charge in [0, 0.05) is 4.90 Å². The summed E-state index contributed by atoms with van der Waals surface area (Å²) < 4.78 is 37.0. The summed E-state index contributed by atoms with van der Waals surface area (Å²) in [6.45, 7) is 3.14. The number of hydrogen-bond donors (Lipinski definition) is 0. The third-order valence-corrected chi connectivity index (χ3v) is 3.54. The number of aryl methyl sites for hydroxylation is 1. The van der Waals surface area contributed by atoms with Gasteiger partial charge in [-0.15, -0.1) is 11.6 Å². The van der Waals surface area contributed by atoms with E-state index in [1.165, 1.54) is 19.1 Å². The molecule has 6 heteroatoms. The van der Waals surface area contributed by atoms with Crippen LogP contribution in [0.5, 0.6) is 0 Å². The van der Waals surface area contributed by atoms with Crippen molar-refractivity contribution in [3.63, 3.8) is 0 Å². The molecule has 100 valence electrons. The van der Waals surface area contributed by atoms with Crippen LogP contribution in [0.1, 0.15) is 30.4 Å². The van der Waals surface area contributed by atoms with E-state index in [1.54, 1.807) is 6.07 Å². The van der Waals surface area contributed by atoms with Gasteiger partial charge in [0.05, 0.1) is 0 Å². The van der Waals surface area contributed by atoms with E-state index in [1.807, 2.05) is 6.92 Å². The molecule has 0 saturated carbocycles. The standard InChI is InChI=1S/C12H12ClF3OS/c1-3-8-4-9(11(13)7(2)17)6-10(5-8)18-12(14,15)16/h4-6,11H,3H2,1-2H3. The van der Waals surface area contributed by atoms with Crippen LogP contribution in [0.15, 0.2) is 23.1 Å². The Balaban J connectivity index is 3.13. The molecule has 1 nitrogen and oxygen atoms in total. The molecule has 0 aliphatic carbocycles. The molecule has 1 aromatic carbocycles. The molecule has 0 heterocycles. The Labute approximate surface area is 113 Å². The summed E-state index contributed by atoms with van der Waals surface area (Å²) in [5.74, 6) is -0.284. The van der Waals surface area contributed by atoms with Crippen molar-refractivity contribution in [2.24, 2.45) is 0 Å². The average molecular weight is 297 g/mol. The highest BCUT2D eigenvalue weighted by molar-refractivity contribution is 8.00. The summed E-state index contributed by atoms with van der Waals surface area (Å²) in [6.07, 6.45) is 0.584. The normalized spacial score (nSPS) is 13.4. The minimum atomic E-state index is -4.35. The fourth-order valence-electron chi connectivity index (χ4n) is 1.46. The van der Waals surface area contributed by atoms with Gasteiger partial charge in [0.2, 0.25) is 0 Å². The molecular weight excluding hydrogens is 285 g/mol. The van der Waals surface area contributed by atoms with Crippen molar-refractivity contribution < 1.29 is 18.0 Å². The summed E-state index contributed by atoms with van der Waals surface area (Å²) in [5.41, 5.74) is -3.21. The maximum Gasteiger partial charge on any atom is 0.446 e. The zero-order chi connectivity index (χ0) is 13.9. The third-order valence-electron chi connectivity index (χ3n) is 2.28. The number of rotatable bonds is 4. The van der Waals surface area contributed by atoms with Gasteiger partial charge in [-0.05, 0) is 48.4 Å². The lowest BCUT2D eigenvalue weighted by Gasteiger charge is -2.12. The van der Waals surface area contributed by atoms with Crippen LogP contribution in [0.2, 0.25) is 0 Å². The van der Waals surface area contributed by atoms with Gasteiger partial charge in [0.1, 0.15) is 5.38 Å². The Morgan fingerprint density at radius 1 is 1.39 bits per heavy atom. The van der Waals surface area contributed by atoms with Gasteiger partial charge in [0.25, 0.3) is 0 Å². The number of hydrogen-bond acceptors (Lipinski definition) is 2. The molecule has 0 saturated heterocycles. The zero-order valence-corrected chi connectivity index (χ0v) is 11.4. The second kappa shape index (κ2) is 5.97. The number of carbonyl (C=O) groups excluding carboxylic acids is 1. The van der Waals surface area contributed by atoms with Crippen LogP contribution in [-0.4, -0.2) is 11.3 Å². The number of halogens is 4. The molecule has 0 aromatic heterocycles. The van der Waals surface area contributed by atoms with Gasteiger partial charge in [-0.3, -0.25) is 4.79 Å². The number of alkyl halides is 4. The fourth-order valence-corrected chi connectivity index (χ4v) is 2.26. The van der Waals surface area contributed by atoms with Crippen LogP contribution in [0.25, 0.3) is 0 Å². The first-order chi connectivity index (χ1) is 8.23. The van der Waals surface area contributed by atoms with Crippen LogP contribution in [0.3, 0.4) is 0 Å². The van der Waals surface area contributed by atoms with E-state index in [0.717, 1.165) is 5.56 Å².